The van der Waals surface area contributed by atoms with Crippen molar-refractivity contribution in [3.8, 4) is 0 Å². The molecule has 1 N–H and O–H groups in total. The van der Waals surface area contributed by atoms with Crippen LogP contribution in [0.1, 0.15) is 37.3 Å². The molecule has 118 valence electrons. The van der Waals surface area contributed by atoms with Crippen molar-refractivity contribution in [1.82, 2.24) is 5.32 Å². The average molecular weight is 340 g/mol. The second kappa shape index (κ2) is 6.76. The molecule has 1 aliphatic carbocycles. The fraction of sp³-hybridized carbons (Fsp3) is 0.600. The van der Waals surface area contributed by atoms with E-state index in [1.54, 1.807) is 19.2 Å². The second-order valence-electron chi connectivity index (χ2n) is 5.61. The van der Waals surface area contributed by atoms with E-state index in [9.17, 15) is 13.2 Å². The maximum Gasteiger partial charge on any atom is 0.391 e. The minimum Gasteiger partial charge on any atom is -0.313 e. The van der Waals surface area contributed by atoms with Crippen molar-refractivity contribution < 1.29 is 13.2 Å². The van der Waals surface area contributed by atoms with Crippen LogP contribution in [0.4, 0.5) is 13.2 Å². The van der Waals surface area contributed by atoms with Gasteiger partial charge in [0.1, 0.15) is 0 Å². The molecule has 6 heteroatoms. The second-order valence-corrected chi connectivity index (χ2v) is 6.42. The van der Waals surface area contributed by atoms with Gasteiger partial charge in [0.15, 0.2) is 0 Å². The van der Waals surface area contributed by atoms with Crippen molar-refractivity contribution >= 4 is 23.2 Å². The smallest absolute Gasteiger partial charge is 0.313 e. The molecule has 21 heavy (non-hydrogen) atoms. The van der Waals surface area contributed by atoms with E-state index >= 15 is 0 Å². The van der Waals surface area contributed by atoms with Crippen LogP contribution in [0.3, 0.4) is 0 Å². The summed E-state index contributed by atoms with van der Waals surface area (Å²) in [4.78, 5) is 0. The molecule has 0 radical (unpaired) electrons. The summed E-state index contributed by atoms with van der Waals surface area (Å²) < 4.78 is 38.8. The van der Waals surface area contributed by atoms with Gasteiger partial charge in [-0.2, -0.15) is 13.2 Å². The minimum absolute atomic E-state index is 0.0485. The third-order valence-electron chi connectivity index (χ3n) is 4.26. The summed E-state index contributed by atoms with van der Waals surface area (Å²) in [5.74, 6) is -1.25. The summed E-state index contributed by atoms with van der Waals surface area (Å²) in [7, 11) is 1.77. The molecule has 0 heterocycles. The maximum atomic E-state index is 12.9. The average Bonchev–Trinajstić information content (AvgIpc) is 2.43. The summed E-state index contributed by atoms with van der Waals surface area (Å²) >= 11 is 11.9. The maximum absolute atomic E-state index is 12.9. The van der Waals surface area contributed by atoms with E-state index in [4.69, 9.17) is 23.2 Å². The monoisotopic (exact) mass is 339 g/mol. The van der Waals surface area contributed by atoms with Crippen molar-refractivity contribution in [3.05, 3.63) is 33.8 Å². The molecule has 3 atom stereocenters. The van der Waals surface area contributed by atoms with Crippen LogP contribution in [-0.2, 0) is 0 Å². The third kappa shape index (κ3) is 4.05. The Morgan fingerprint density at radius 3 is 2.48 bits per heavy atom. The molecule has 0 spiro atoms. The first-order valence-corrected chi connectivity index (χ1v) is 7.77. The van der Waals surface area contributed by atoms with Gasteiger partial charge in [0.25, 0.3) is 0 Å². The van der Waals surface area contributed by atoms with Crippen LogP contribution < -0.4 is 5.32 Å². The molecule has 3 unspecified atom stereocenters. The predicted molar refractivity (Wildman–Crippen MR) is 79.8 cm³/mol. The molecule has 1 saturated carbocycles. The number of nitrogens with one attached hydrogen (secondary N) is 1. The molecule has 0 bridgehead atoms. The molecule has 1 aromatic carbocycles. The number of alkyl halides is 3. The molecule has 1 aliphatic rings. The highest BCUT2D eigenvalue weighted by molar-refractivity contribution is 6.42. The molecule has 0 saturated heterocycles. The van der Waals surface area contributed by atoms with Crippen molar-refractivity contribution in [2.45, 2.75) is 37.9 Å². The zero-order chi connectivity index (χ0) is 15.6. The Kier molecular flexibility index (Phi) is 5.44. The quantitative estimate of drug-likeness (QED) is 0.753. The van der Waals surface area contributed by atoms with E-state index in [2.05, 4.69) is 5.32 Å². The zero-order valence-electron chi connectivity index (χ0n) is 11.7. The van der Waals surface area contributed by atoms with Gasteiger partial charge < -0.3 is 5.32 Å². The Hall–Kier alpha value is -0.450. The fourth-order valence-corrected chi connectivity index (χ4v) is 3.51. The summed E-state index contributed by atoms with van der Waals surface area (Å²) in [6.07, 6.45) is -2.31. The summed E-state index contributed by atoms with van der Waals surface area (Å²) in [5, 5.41) is 4.02. The number of rotatable bonds is 3. The largest absolute Gasteiger partial charge is 0.391 e. The summed E-state index contributed by atoms with van der Waals surface area (Å²) in [6.45, 7) is 0. The minimum atomic E-state index is -4.10. The molecule has 0 aliphatic heterocycles. The molecule has 1 aromatic rings. The lowest BCUT2D eigenvalue weighted by molar-refractivity contribution is -0.186. The number of benzene rings is 1. The Morgan fingerprint density at radius 2 is 1.90 bits per heavy atom. The number of hydrogen-bond donors (Lipinski definition) is 1. The lowest BCUT2D eigenvalue weighted by Gasteiger charge is -2.35. The van der Waals surface area contributed by atoms with Gasteiger partial charge in [-0.15, -0.1) is 0 Å². The molecule has 0 aromatic heterocycles. The molecule has 1 nitrogen and oxygen atoms in total. The van der Waals surface area contributed by atoms with E-state index < -0.39 is 12.1 Å². The number of hydrogen-bond acceptors (Lipinski definition) is 1. The Morgan fingerprint density at radius 1 is 1.19 bits per heavy atom. The first kappa shape index (κ1) is 16.9. The van der Waals surface area contributed by atoms with Crippen molar-refractivity contribution in [1.29, 1.82) is 0 Å². The third-order valence-corrected chi connectivity index (χ3v) is 5.00. The lowest BCUT2D eigenvalue weighted by Crippen LogP contribution is -2.34. The van der Waals surface area contributed by atoms with Gasteiger partial charge >= 0.3 is 6.18 Å². The van der Waals surface area contributed by atoms with Gasteiger partial charge in [-0.3, -0.25) is 0 Å². The van der Waals surface area contributed by atoms with E-state index in [0.29, 0.717) is 16.5 Å². The lowest BCUT2D eigenvalue weighted by atomic mass is 9.76. The van der Waals surface area contributed by atoms with E-state index in [0.717, 1.165) is 12.0 Å². The highest BCUT2D eigenvalue weighted by atomic mass is 35.5. The number of halogens is 5. The van der Waals surface area contributed by atoms with Crippen LogP contribution >= 0.6 is 23.2 Å². The van der Waals surface area contributed by atoms with Gasteiger partial charge in [-0.25, -0.2) is 0 Å². The van der Waals surface area contributed by atoms with E-state index in [1.165, 1.54) is 0 Å². The van der Waals surface area contributed by atoms with Gasteiger partial charge in [0.2, 0.25) is 0 Å². The van der Waals surface area contributed by atoms with E-state index in [-0.39, 0.29) is 24.8 Å². The molecular formula is C15H18Cl2F3N. The van der Waals surface area contributed by atoms with Crippen molar-refractivity contribution in [2.24, 2.45) is 11.8 Å². The predicted octanol–water partition coefficient (Wildman–Crippen LogP) is 5.62. The van der Waals surface area contributed by atoms with Crippen molar-refractivity contribution in [2.75, 3.05) is 7.05 Å². The normalized spacial score (nSPS) is 24.9. The fourth-order valence-electron chi connectivity index (χ4n) is 3.21. The van der Waals surface area contributed by atoms with Crippen LogP contribution in [-0.4, -0.2) is 13.2 Å². The Balaban J connectivity index is 2.18. The highest BCUT2D eigenvalue weighted by Crippen LogP contribution is 2.44. The Bertz CT molecular complexity index is 490. The summed E-state index contributed by atoms with van der Waals surface area (Å²) in [6, 6.07) is 5.12. The van der Waals surface area contributed by atoms with Crippen LogP contribution in [0, 0.1) is 11.8 Å². The standard InChI is InChI=1S/C15H18Cl2F3N/c1-21-14(10-5-6-12(16)13(17)8-10)9-3-2-4-11(7-9)15(18,19)20/h5-6,8-9,11,14,21H,2-4,7H2,1H3. The van der Waals surface area contributed by atoms with Crippen LogP contribution in [0.15, 0.2) is 18.2 Å². The SMILES string of the molecule is CNC(c1ccc(Cl)c(Cl)c1)C1CCCC(C(F)(F)F)C1. The molecule has 2 rings (SSSR count). The van der Waals surface area contributed by atoms with Crippen LogP contribution in [0.25, 0.3) is 0 Å². The summed E-state index contributed by atoms with van der Waals surface area (Å²) in [5.41, 5.74) is 0.889. The topological polar surface area (TPSA) is 12.0 Å². The van der Waals surface area contributed by atoms with Gasteiger partial charge in [-0.1, -0.05) is 35.7 Å². The Labute approximate surface area is 132 Å². The molecule has 0 amide bonds. The zero-order valence-corrected chi connectivity index (χ0v) is 13.2. The molecule has 1 fully saturated rings. The molecular weight excluding hydrogens is 322 g/mol. The van der Waals surface area contributed by atoms with Crippen LogP contribution in [0.2, 0.25) is 10.0 Å². The first-order chi connectivity index (χ1) is 9.82. The van der Waals surface area contributed by atoms with E-state index in [1.807, 2.05) is 6.07 Å². The van der Waals surface area contributed by atoms with Crippen molar-refractivity contribution in [3.63, 3.8) is 0 Å². The van der Waals surface area contributed by atoms with Gasteiger partial charge in [-0.05, 0) is 49.9 Å². The van der Waals surface area contributed by atoms with Gasteiger partial charge in [0.05, 0.1) is 16.0 Å². The van der Waals surface area contributed by atoms with Crippen LogP contribution in [0.5, 0.6) is 0 Å². The van der Waals surface area contributed by atoms with Gasteiger partial charge in [0, 0.05) is 6.04 Å². The first-order valence-electron chi connectivity index (χ1n) is 7.02. The highest BCUT2D eigenvalue weighted by Gasteiger charge is 2.43.